The van der Waals surface area contributed by atoms with Crippen LogP contribution in [0.4, 0.5) is 13.2 Å². The summed E-state index contributed by atoms with van der Waals surface area (Å²) in [5, 5.41) is 0. The maximum absolute atomic E-state index is 12.9. The second kappa shape index (κ2) is 8.47. The highest BCUT2D eigenvalue weighted by Gasteiger charge is 2.62. The normalized spacial score (nSPS) is 27.3. The minimum atomic E-state index is -4.23. The molecule has 2 aliphatic carbocycles. The first-order valence-corrected chi connectivity index (χ1v) is 11.5. The average molecular weight is 440 g/mol. The van der Waals surface area contributed by atoms with Gasteiger partial charge in [-0.1, -0.05) is 48.6 Å². The van der Waals surface area contributed by atoms with Crippen LogP contribution in [0.5, 0.6) is 0 Å². The van der Waals surface area contributed by atoms with Crippen LogP contribution in [0.3, 0.4) is 0 Å². The molecule has 3 atom stereocenters. The standard InChI is InChI=1S/C26H28F3N3/c27-26(28,29)21-11-9-20(10-12-21)25-16-22(25)17-32(18-25)15-5-4-8-24-30-14-13-23(31-24)19-6-2-1-3-7-19/h1-3,6-7,9,11-14,20,22H,4-5,8,10,15-18H2/t20?,22-,25+/m0/s1. The van der Waals surface area contributed by atoms with E-state index in [9.17, 15) is 13.2 Å². The number of aromatic nitrogens is 2. The third-order valence-corrected chi connectivity index (χ3v) is 7.34. The van der Waals surface area contributed by atoms with E-state index in [0.717, 1.165) is 62.4 Å². The number of alkyl halides is 3. The van der Waals surface area contributed by atoms with Gasteiger partial charge in [-0.05, 0) is 55.5 Å². The molecule has 1 saturated carbocycles. The van der Waals surface area contributed by atoms with Gasteiger partial charge in [-0.2, -0.15) is 13.2 Å². The number of halogens is 3. The summed E-state index contributed by atoms with van der Waals surface area (Å²) in [4.78, 5) is 11.6. The molecule has 2 fully saturated rings. The Kier molecular flexibility index (Phi) is 5.66. The van der Waals surface area contributed by atoms with Gasteiger partial charge in [0.25, 0.3) is 0 Å². The summed E-state index contributed by atoms with van der Waals surface area (Å²) in [6.45, 7) is 3.14. The molecular weight excluding hydrogens is 411 g/mol. The van der Waals surface area contributed by atoms with Gasteiger partial charge in [0.1, 0.15) is 5.82 Å². The number of benzene rings is 1. The van der Waals surface area contributed by atoms with Gasteiger partial charge in [0.15, 0.2) is 0 Å². The number of likely N-dealkylation sites (tertiary alicyclic amines) is 1. The van der Waals surface area contributed by atoms with Gasteiger partial charge in [0.2, 0.25) is 0 Å². The number of nitrogens with zero attached hydrogens (tertiary/aromatic N) is 3. The summed E-state index contributed by atoms with van der Waals surface area (Å²) >= 11 is 0. The molecule has 1 unspecified atom stereocenters. The lowest BCUT2D eigenvalue weighted by Crippen LogP contribution is -2.29. The lowest BCUT2D eigenvalue weighted by molar-refractivity contribution is -0.0888. The first kappa shape index (κ1) is 21.4. The van der Waals surface area contributed by atoms with E-state index < -0.39 is 11.7 Å². The summed E-state index contributed by atoms with van der Waals surface area (Å²) < 4.78 is 38.6. The van der Waals surface area contributed by atoms with Gasteiger partial charge in [-0.3, -0.25) is 0 Å². The molecule has 5 rings (SSSR count). The minimum Gasteiger partial charge on any atom is -0.302 e. The summed E-state index contributed by atoms with van der Waals surface area (Å²) in [6, 6.07) is 12.1. The molecule has 3 aliphatic rings. The molecule has 2 aromatic rings. The van der Waals surface area contributed by atoms with Crippen LogP contribution in [-0.2, 0) is 6.42 Å². The first-order chi connectivity index (χ1) is 15.4. The third kappa shape index (κ3) is 4.38. The number of hydrogen-bond donors (Lipinski definition) is 0. The van der Waals surface area contributed by atoms with Crippen LogP contribution >= 0.6 is 0 Å². The number of unbranched alkanes of at least 4 members (excludes halogenated alkanes) is 1. The third-order valence-electron chi connectivity index (χ3n) is 7.34. The molecule has 0 amide bonds. The molecule has 0 bridgehead atoms. The fraction of sp³-hybridized carbons (Fsp3) is 0.462. The van der Waals surface area contributed by atoms with Crippen molar-refractivity contribution >= 4 is 0 Å². The Labute approximate surface area is 187 Å². The van der Waals surface area contributed by atoms with Gasteiger partial charge in [0.05, 0.1) is 11.3 Å². The lowest BCUT2D eigenvalue weighted by Gasteiger charge is -2.27. The molecule has 0 radical (unpaired) electrons. The maximum Gasteiger partial charge on any atom is 0.416 e. The van der Waals surface area contributed by atoms with Crippen LogP contribution in [0.15, 0.2) is 66.4 Å². The molecule has 32 heavy (non-hydrogen) atoms. The summed E-state index contributed by atoms with van der Waals surface area (Å²) in [5.41, 5.74) is 1.78. The molecule has 2 heterocycles. The Hall–Kier alpha value is -2.47. The van der Waals surface area contributed by atoms with E-state index in [0.29, 0.717) is 12.3 Å². The second-order valence-corrected chi connectivity index (χ2v) is 9.41. The van der Waals surface area contributed by atoms with Gasteiger partial charge in [-0.25, -0.2) is 9.97 Å². The van der Waals surface area contributed by atoms with E-state index in [4.69, 9.17) is 4.98 Å². The highest BCUT2D eigenvalue weighted by molar-refractivity contribution is 5.58. The Morgan fingerprint density at radius 3 is 2.69 bits per heavy atom. The summed E-state index contributed by atoms with van der Waals surface area (Å²) in [6.07, 6.45) is 6.77. The van der Waals surface area contributed by atoms with E-state index >= 15 is 0 Å². The van der Waals surface area contributed by atoms with Crippen LogP contribution in [0, 0.1) is 17.3 Å². The fourth-order valence-electron chi connectivity index (χ4n) is 5.54. The zero-order chi connectivity index (χ0) is 22.2. The van der Waals surface area contributed by atoms with Crippen molar-refractivity contribution in [2.45, 2.75) is 38.3 Å². The molecule has 1 aromatic carbocycles. The number of rotatable bonds is 7. The zero-order valence-electron chi connectivity index (χ0n) is 18.1. The summed E-state index contributed by atoms with van der Waals surface area (Å²) in [7, 11) is 0. The fourth-order valence-corrected chi connectivity index (χ4v) is 5.54. The molecule has 6 heteroatoms. The van der Waals surface area contributed by atoms with Crippen LogP contribution < -0.4 is 0 Å². The molecule has 1 saturated heterocycles. The zero-order valence-corrected chi connectivity index (χ0v) is 18.1. The lowest BCUT2D eigenvalue weighted by atomic mass is 9.82. The smallest absolute Gasteiger partial charge is 0.302 e. The van der Waals surface area contributed by atoms with E-state index in [2.05, 4.69) is 22.0 Å². The van der Waals surface area contributed by atoms with Gasteiger partial charge in [-0.15, -0.1) is 0 Å². The van der Waals surface area contributed by atoms with Crippen molar-refractivity contribution in [3.63, 3.8) is 0 Å². The second-order valence-electron chi connectivity index (χ2n) is 9.41. The number of allylic oxidation sites excluding steroid dienone is 4. The van der Waals surface area contributed by atoms with Crippen LogP contribution in [0.2, 0.25) is 0 Å². The number of piperidine rings is 1. The largest absolute Gasteiger partial charge is 0.416 e. The van der Waals surface area contributed by atoms with Gasteiger partial charge < -0.3 is 4.90 Å². The molecule has 3 nitrogen and oxygen atoms in total. The molecule has 168 valence electrons. The molecule has 0 N–H and O–H groups in total. The van der Waals surface area contributed by atoms with Crippen LogP contribution in [0.25, 0.3) is 11.3 Å². The number of aryl methyl sites for hydroxylation is 1. The van der Waals surface area contributed by atoms with E-state index in [1.807, 2.05) is 36.5 Å². The molecule has 1 aliphatic heterocycles. The van der Waals surface area contributed by atoms with Gasteiger partial charge >= 0.3 is 6.18 Å². The van der Waals surface area contributed by atoms with E-state index in [1.54, 1.807) is 0 Å². The average Bonchev–Trinajstić information content (AvgIpc) is 3.38. The molecule has 0 spiro atoms. The summed E-state index contributed by atoms with van der Waals surface area (Å²) in [5.74, 6) is 1.77. The maximum atomic E-state index is 12.9. The predicted octanol–water partition coefficient (Wildman–Crippen LogP) is 5.85. The Morgan fingerprint density at radius 1 is 1.09 bits per heavy atom. The van der Waals surface area contributed by atoms with Gasteiger partial charge in [0, 0.05) is 31.3 Å². The number of hydrogen-bond acceptors (Lipinski definition) is 3. The number of fused-ring (bicyclic) bond motifs is 1. The SMILES string of the molecule is FC(F)(F)C1=CCC([C@]23C[C@H]2CN(CCCCc2nccc(-c4ccccc4)n2)C3)C=C1. The Balaban J connectivity index is 1.08. The van der Waals surface area contributed by atoms with E-state index in [-0.39, 0.29) is 11.3 Å². The van der Waals surface area contributed by atoms with Crippen molar-refractivity contribution < 1.29 is 13.2 Å². The van der Waals surface area contributed by atoms with Crippen molar-refractivity contribution in [2.75, 3.05) is 19.6 Å². The predicted molar refractivity (Wildman–Crippen MR) is 119 cm³/mol. The van der Waals surface area contributed by atoms with Crippen molar-refractivity contribution in [3.05, 3.63) is 72.2 Å². The van der Waals surface area contributed by atoms with Crippen LogP contribution in [0.1, 0.15) is 31.5 Å². The minimum absolute atomic E-state index is 0.206. The van der Waals surface area contributed by atoms with E-state index in [1.165, 1.54) is 12.2 Å². The molecular formula is C26H28F3N3. The Bertz CT molecular complexity index is 1010. The first-order valence-electron chi connectivity index (χ1n) is 11.5. The highest BCUT2D eigenvalue weighted by Crippen LogP contribution is 2.64. The van der Waals surface area contributed by atoms with Crippen molar-refractivity contribution in [1.82, 2.24) is 14.9 Å². The Morgan fingerprint density at radius 2 is 1.94 bits per heavy atom. The van der Waals surface area contributed by atoms with Crippen molar-refractivity contribution in [3.8, 4) is 11.3 Å². The quantitative estimate of drug-likeness (QED) is 0.507. The highest BCUT2D eigenvalue weighted by atomic mass is 19.4. The van der Waals surface area contributed by atoms with Crippen molar-refractivity contribution in [2.24, 2.45) is 17.3 Å². The van der Waals surface area contributed by atoms with Crippen molar-refractivity contribution in [1.29, 1.82) is 0 Å². The monoisotopic (exact) mass is 439 g/mol. The molecule has 1 aromatic heterocycles. The van der Waals surface area contributed by atoms with Crippen LogP contribution in [-0.4, -0.2) is 40.7 Å². The topological polar surface area (TPSA) is 29.0 Å².